The van der Waals surface area contributed by atoms with Gasteiger partial charge in [0.2, 0.25) is 29.5 Å². The zero-order valence-electron chi connectivity index (χ0n) is 30.7. The van der Waals surface area contributed by atoms with Crippen LogP contribution in [0.2, 0.25) is 0 Å². The Bertz CT molecular complexity index is 1110. The molecule has 0 aliphatic carbocycles. The van der Waals surface area contributed by atoms with E-state index in [4.69, 9.17) is 10.5 Å². The third-order valence-electron chi connectivity index (χ3n) is 9.21. The lowest BCUT2D eigenvalue weighted by Gasteiger charge is -2.35. The van der Waals surface area contributed by atoms with E-state index in [1.165, 1.54) is 18.9 Å². The van der Waals surface area contributed by atoms with Gasteiger partial charge >= 0.3 is 5.97 Å². The van der Waals surface area contributed by atoms with Crippen molar-refractivity contribution in [3.63, 3.8) is 0 Å². The molecule has 1 aliphatic heterocycles. The zero-order chi connectivity index (χ0) is 36.9. The highest BCUT2D eigenvalue weighted by atomic mass is 16.5. The molecule has 0 spiro atoms. The number of carbonyl (C=O) groups is 6. The van der Waals surface area contributed by atoms with Gasteiger partial charge in [-0.15, -0.1) is 0 Å². The number of aliphatic hydroxyl groups excluding tert-OH is 1. The number of amides is 5. The standard InChI is InChI=1S/C34H62N6O8/c1-11-14-34(8,9)15-13-25-21(6)33(47)40(10)24(16-19(3)4)30(44)38-27(20(5)12-2)32(46)37-23(17-35)29(43)39-28(22(7)41)31(45)36-18-26(42)48-25/h19-25,27-28,41H,11-18,35H2,1-10H3,(H,36,45)(H,37,46)(H,38,44)(H,39,43)/t20?,21-,22?,23+,24+,25-,27+,28+/m1/s1. The van der Waals surface area contributed by atoms with E-state index in [1.54, 1.807) is 13.8 Å². The highest BCUT2D eigenvalue weighted by Crippen LogP contribution is 2.31. The molecule has 0 aromatic rings. The molecular formula is C34H62N6O8. The van der Waals surface area contributed by atoms with Gasteiger partial charge in [0.1, 0.15) is 36.8 Å². The molecule has 2 unspecified atom stereocenters. The van der Waals surface area contributed by atoms with Crippen LogP contribution in [0.4, 0.5) is 0 Å². The number of hydrogen-bond acceptors (Lipinski definition) is 9. The molecule has 0 bridgehead atoms. The molecule has 1 fully saturated rings. The number of carbonyl (C=O) groups excluding carboxylic acids is 6. The first-order chi connectivity index (χ1) is 22.3. The van der Waals surface area contributed by atoms with Crippen molar-refractivity contribution < 1.29 is 38.6 Å². The summed E-state index contributed by atoms with van der Waals surface area (Å²) in [5.41, 5.74) is 5.73. The molecule has 0 saturated carbocycles. The summed E-state index contributed by atoms with van der Waals surface area (Å²) in [5, 5.41) is 20.5. The Hall–Kier alpha value is -3.26. The van der Waals surface area contributed by atoms with Crippen LogP contribution in [-0.4, -0.2) is 102 Å². The Morgan fingerprint density at radius 1 is 0.917 bits per heavy atom. The van der Waals surface area contributed by atoms with Crippen molar-refractivity contribution in [1.82, 2.24) is 26.2 Å². The summed E-state index contributed by atoms with van der Waals surface area (Å²) < 4.78 is 5.82. The average Bonchev–Trinajstić information content (AvgIpc) is 3.01. The molecular weight excluding hydrogens is 620 g/mol. The van der Waals surface area contributed by atoms with Crippen LogP contribution in [0.3, 0.4) is 0 Å². The summed E-state index contributed by atoms with van der Waals surface area (Å²) in [5.74, 6) is -5.34. The van der Waals surface area contributed by atoms with Gasteiger partial charge in [0.25, 0.3) is 0 Å². The molecule has 1 rings (SSSR count). The quantitative estimate of drug-likeness (QED) is 0.171. The van der Waals surface area contributed by atoms with Gasteiger partial charge in [-0.05, 0) is 49.9 Å². The minimum atomic E-state index is -1.49. The smallest absolute Gasteiger partial charge is 0.325 e. The van der Waals surface area contributed by atoms with E-state index in [0.29, 0.717) is 25.7 Å². The molecule has 1 saturated heterocycles. The molecule has 14 nitrogen and oxygen atoms in total. The van der Waals surface area contributed by atoms with E-state index >= 15 is 0 Å². The number of aliphatic hydroxyl groups is 1. The Morgan fingerprint density at radius 3 is 2.04 bits per heavy atom. The fraction of sp³-hybridized carbons (Fsp3) is 0.824. The maximum Gasteiger partial charge on any atom is 0.325 e. The Labute approximate surface area is 286 Å². The monoisotopic (exact) mass is 682 g/mol. The van der Waals surface area contributed by atoms with Crippen LogP contribution in [0.1, 0.15) is 101 Å². The highest BCUT2D eigenvalue weighted by molar-refractivity contribution is 5.96. The van der Waals surface area contributed by atoms with Crippen molar-refractivity contribution in [1.29, 1.82) is 0 Å². The van der Waals surface area contributed by atoms with Crippen molar-refractivity contribution in [2.45, 2.75) is 137 Å². The van der Waals surface area contributed by atoms with Crippen LogP contribution in [0.25, 0.3) is 0 Å². The van der Waals surface area contributed by atoms with Gasteiger partial charge < -0.3 is 41.7 Å². The second kappa shape index (κ2) is 19.7. The summed E-state index contributed by atoms with van der Waals surface area (Å²) >= 11 is 0. The number of cyclic esters (lactones) is 1. The van der Waals surface area contributed by atoms with Crippen LogP contribution >= 0.6 is 0 Å². The molecule has 14 heteroatoms. The number of likely N-dealkylation sites (N-methyl/N-ethyl adjacent to an activating group) is 1. The van der Waals surface area contributed by atoms with E-state index in [1.807, 2.05) is 20.8 Å². The topological polar surface area (TPSA) is 209 Å². The summed E-state index contributed by atoms with van der Waals surface area (Å²) in [6.07, 6.45) is 1.43. The lowest BCUT2D eigenvalue weighted by atomic mass is 9.81. The normalized spacial score (nSPS) is 27.5. The number of nitrogens with zero attached hydrogens (tertiary/aromatic N) is 1. The molecule has 7 N–H and O–H groups in total. The highest BCUT2D eigenvalue weighted by Gasteiger charge is 2.39. The largest absolute Gasteiger partial charge is 0.460 e. The van der Waals surface area contributed by atoms with Crippen LogP contribution in [0, 0.1) is 23.2 Å². The Kier molecular flexibility index (Phi) is 17.5. The minimum Gasteiger partial charge on any atom is -0.460 e. The minimum absolute atomic E-state index is 0.00282. The fourth-order valence-corrected chi connectivity index (χ4v) is 5.85. The Balaban J connectivity index is 3.69. The molecule has 1 heterocycles. The van der Waals surface area contributed by atoms with Gasteiger partial charge in [0, 0.05) is 13.6 Å². The van der Waals surface area contributed by atoms with E-state index in [9.17, 15) is 33.9 Å². The molecule has 48 heavy (non-hydrogen) atoms. The second-order valence-corrected chi connectivity index (χ2v) is 14.5. The number of nitrogens with one attached hydrogen (secondary N) is 4. The van der Waals surface area contributed by atoms with Gasteiger partial charge in [-0.1, -0.05) is 68.2 Å². The average molecular weight is 683 g/mol. The Morgan fingerprint density at radius 2 is 1.52 bits per heavy atom. The third kappa shape index (κ3) is 13.0. The number of nitrogens with two attached hydrogens (primary N) is 1. The van der Waals surface area contributed by atoms with Crippen molar-refractivity contribution in [2.24, 2.45) is 28.9 Å². The SMILES string of the molecule is CCCC(C)(C)CC[C@H]1OC(=O)CNC(=O)[C@H](C(C)O)NC(=O)[C@H](CN)NC(=O)[C@H](C(C)CC)NC(=O)[C@H](CC(C)C)N(C)C(=O)[C@@H]1C. The predicted molar refractivity (Wildman–Crippen MR) is 182 cm³/mol. The van der Waals surface area contributed by atoms with Gasteiger partial charge in [-0.2, -0.15) is 0 Å². The van der Waals surface area contributed by atoms with E-state index < -0.39 is 84.3 Å². The zero-order valence-corrected chi connectivity index (χ0v) is 30.7. The molecule has 1 aliphatic rings. The third-order valence-corrected chi connectivity index (χ3v) is 9.21. The first kappa shape index (κ1) is 42.8. The van der Waals surface area contributed by atoms with Gasteiger partial charge in [-0.25, -0.2) is 0 Å². The molecule has 5 amide bonds. The maximum atomic E-state index is 14.0. The number of rotatable bonds is 11. The lowest BCUT2D eigenvalue weighted by Crippen LogP contribution is -2.62. The molecule has 0 aromatic carbocycles. The molecule has 276 valence electrons. The first-order valence-corrected chi connectivity index (χ1v) is 17.3. The van der Waals surface area contributed by atoms with Crippen molar-refractivity contribution >= 4 is 35.5 Å². The van der Waals surface area contributed by atoms with Crippen LogP contribution in [0.5, 0.6) is 0 Å². The first-order valence-electron chi connectivity index (χ1n) is 17.3. The van der Waals surface area contributed by atoms with Crippen molar-refractivity contribution in [2.75, 3.05) is 20.1 Å². The van der Waals surface area contributed by atoms with Crippen LogP contribution < -0.4 is 27.0 Å². The van der Waals surface area contributed by atoms with E-state index in [2.05, 4.69) is 42.0 Å². The van der Waals surface area contributed by atoms with Crippen molar-refractivity contribution in [3.8, 4) is 0 Å². The molecule has 0 radical (unpaired) electrons. The molecule has 0 aromatic heterocycles. The lowest BCUT2D eigenvalue weighted by molar-refractivity contribution is -0.158. The van der Waals surface area contributed by atoms with E-state index in [-0.39, 0.29) is 23.8 Å². The number of hydrogen-bond donors (Lipinski definition) is 6. The summed E-state index contributed by atoms with van der Waals surface area (Å²) in [6, 6.07) is -4.82. The van der Waals surface area contributed by atoms with Gasteiger partial charge in [0.15, 0.2) is 0 Å². The van der Waals surface area contributed by atoms with Gasteiger partial charge in [-0.3, -0.25) is 28.8 Å². The predicted octanol–water partition coefficient (Wildman–Crippen LogP) is 0.984. The van der Waals surface area contributed by atoms with Crippen molar-refractivity contribution in [3.05, 3.63) is 0 Å². The summed E-state index contributed by atoms with van der Waals surface area (Å²) in [4.78, 5) is 82.2. The summed E-state index contributed by atoms with van der Waals surface area (Å²) in [7, 11) is 1.53. The molecule has 8 atom stereocenters. The van der Waals surface area contributed by atoms with Crippen LogP contribution in [-0.2, 0) is 33.5 Å². The number of ether oxygens (including phenoxy) is 1. The number of esters is 1. The summed E-state index contributed by atoms with van der Waals surface area (Å²) in [6.45, 7) is 15.8. The van der Waals surface area contributed by atoms with E-state index in [0.717, 1.165) is 12.8 Å². The fourth-order valence-electron chi connectivity index (χ4n) is 5.85. The van der Waals surface area contributed by atoms with Gasteiger partial charge in [0.05, 0.1) is 12.0 Å². The van der Waals surface area contributed by atoms with Crippen LogP contribution in [0.15, 0.2) is 0 Å². The maximum absolute atomic E-state index is 14.0. The second-order valence-electron chi connectivity index (χ2n) is 14.5.